The number of aliphatic hydroxyl groups excluding tert-OH is 2. The van der Waals surface area contributed by atoms with Gasteiger partial charge in [0.25, 0.3) is 0 Å². The summed E-state index contributed by atoms with van der Waals surface area (Å²) in [6.07, 6.45) is 7.98. The second-order valence-electron chi connectivity index (χ2n) is 13.7. The Hall–Kier alpha value is -3.21. The van der Waals surface area contributed by atoms with E-state index in [1.165, 1.54) is 0 Å². The summed E-state index contributed by atoms with van der Waals surface area (Å²) in [5.41, 5.74) is -0.859. The monoisotopic (exact) mass is 668 g/mol. The molecule has 10 nitrogen and oxygen atoms in total. The summed E-state index contributed by atoms with van der Waals surface area (Å²) in [5, 5.41) is 22.0. The van der Waals surface area contributed by atoms with E-state index < -0.39 is 29.1 Å². The summed E-state index contributed by atoms with van der Waals surface area (Å²) >= 11 is 0. The first-order chi connectivity index (χ1) is 23.2. The zero-order chi connectivity index (χ0) is 34.7. The molecule has 2 N–H and O–H groups in total. The van der Waals surface area contributed by atoms with Gasteiger partial charge in [0.15, 0.2) is 0 Å². The number of benzene rings is 1. The molecule has 6 atom stereocenters. The molecule has 1 aliphatic carbocycles. The number of carbonyl (C=O) groups excluding carboxylic acids is 3. The predicted octanol–water partition coefficient (Wildman–Crippen LogP) is 4.82. The number of aliphatic hydroxyl groups is 2. The van der Waals surface area contributed by atoms with Crippen LogP contribution in [0.2, 0.25) is 0 Å². The molecule has 1 aromatic rings. The number of nitrogens with zero attached hydrogens (tertiary/aromatic N) is 2. The fourth-order valence-corrected chi connectivity index (χ4v) is 8.76. The van der Waals surface area contributed by atoms with Gasteiger partial charge < -0.3 is 34.2 Å². The van der Waals surface area contributed by atoms with Gasteiger partial charge in [0.2, 0.25) is 11.8 Å². The van der Waals surface area contributed by atoms with Crippen LogP contribution in [0.4, 0.5) is 0 Å². The molecule has 3 fully saturated rings. The van der Waals surface area contributed by atoms with Crippen LogP contribution >= 0.6 is 0 Å². The maximum atomic E-state index is 14.4. The lowest BCUT2D eigenvalue weighted by Gasteiger charge is -2.63. The van der Waals surface area contributed by atoms with Crippen LogP contribution < -0.4 is 4.74 Å². The molecule has 2 amide bonds. The molecule has 1 aromatic carbocycles. The lowest BCUT2D eigenvalue weighted by atomic mass is 9.51. The van der Waals surface area contributed by atoms with E-state index in [1.807, 2.05) is 34.1 Å². The minimum absolute atomic E-state index is 0.0172. The number of esters is 1. The number of amides is 2. The molecule has 4 bridgehead atoms. The molecule has 4 rings (SSSR count). The molecule has 0 spiro atoms. The Kier molecular flexibility index (Phi) is 13.7. The third-order valence-corrected chi connectivity index (χ3v) is 10.8. The van der Waals surface area contributed by atoms with E-state index in [-0.39, 0.29) is 43.3 Å². The van der Waals surface area contributed by atoms with Gasteiger partial charge >= 0.3 is 5.97 Å². The van der Waals surface area contributed by atoms with Gasteiger partial charge in [-0.25, -0.2) is 0 Å². The van der Waals surface area contributed by atoms with Gasteiger partial charge in [-0.2, -0.15) is 0 Å². The Morgan fingerprint density at radius 2 is 1.92 bits per heavy atom. The number of allylic oxidation sites excluding steroid dienone is 1. The van der Waals surface area contributed by atoms with Crippen molar-refractivity contribution in [2.45, 2.75) is 102 Å². The van der Waals surface area contributed by atoms with Crippen LogP contribution in [0.1, 0.15) is 83.1 Å². The van der Waals surface area contributed by atoms with Crippen LogP contribution in [0.3, 0.4) is 0 Å². The lowest BCUT2D eigenvalue weighted by molar-refractivity contribution is -0.180. The number of piperidine rings is 1. The average molecular weight is 669 g/mol. The van der Waals surface area contributed by atoms with Crippen molar-refractivity contribution in [1.82, 2.24) is 9.80 Å². The summed E-state index contributed by atoms with van der Waals surface area (Å²) in [6.45, 7) is 11.1. The Bertz CT molecular complexity index is 1250. The highest BCUT2D eigenvalue weighted by molar-refractivity contribution is 5.87. The summed E-state index contributed by atoms with van der Waals surface area (Å²) in [7, 11) is 1.63. The van der Waals surface area contributed by atoms with Gasteiger partial charge in [0.05, 0.1) is 51.0 Å². The summed E-state index contributed by atoms with van der Waals surface area (Å²) in [5.74, 6) is -0.218. The number of methoxy groups -OCH3 is 1. The van der Waals surface area contributed by atoms with Crippen LogP contribution in [-0.4, -0.2) is 95.5 Å². The largest absolute Gasteiger partial charge is 0.497 e. The van der Waals surface area contributed by atoms with E-state index >= 15 is 0 Å². The standard InChI is InChI=1S/C38H56N2O8/c1-5-8-9-13-33(43)39-22-19-32-31-24-37(27-41,20-18-29(42)12-6-2)36(39)38(32,25-34(44)48-7-3)40(35(31)45)21-10-11-23-47-26-28-14-16-30(46-4)17-15-28/h5-6,14-17,29,31-32,36,41-42H,1-2,7-13,18-27H2,3-4H3/t29?,31-,32-,36+,37+,38+/m1/s1. The number of ether oxygens (including phenoxy) is 3. The molecule has 2 aliphatic heterocycles. The number of carbonyl (C=O) groups is 3. The topological polar surface area (TPSA) is 126 Å². The average Bonchev–Trinajstić information content (AvgIpc) is 3.24. The first-order valence-electron chi connectivity index (χ1n) is 17.7. The van der Waals surface area contributed by atoms with Crippen LogP contribution in [0.25, 0.3) is 0 Å². The van der Waals surface area contributed by atoms with Gasteiger partial charge in [0.1, 0.15) is 5.75 Å². The van der Waals surface area contributed by atoms with E-state index in [0.717, 1.165) is 11.3 Å². The summed E-state index contributed by atoms with van der Waals surface area (Å²) in [4.78, 5) is 45.7. The van der Waals surface area contributed by atoms with Crippen molar-refractivity contribution in [3.8, 4) is 5.75 Å². The fraction of sp³-hybridized carbons (Fsp3) is 0.658. The fourth-order valence-electron chi connectivity index (χ4n) is 8.76. The molecule has 10 heteroatoms. The maximum absolute atomic E-state index is 14.4. The Balaban J connectivity index is 1.63. The van der Waals surface area contributed by atoms with E-state index in [1.54, 1.807) is 26.2 Å². The first kappa shape index (κ1) is 37.6. The smallest absolute Gasteiger partial charge is 0.308 e. The van der Waals surface area contributed by atoms with Crippen molar-refractivity contribution in [2.75, 3.05) is 40.0 Å². The molecular weight excluding hydrogens is 612 g/mol. The van der Waals surface area contributed by atoms with Gasteiger partial charge in [0, 0.05) is 37.5 Å². The van der Waals surface area contributed by atoms with Crippen LogP contribution in [0, 0.1) is 17.3 Å². The van der Waals surface area contributed by atoms with Crippen molar-refractivity contribution in [3.63, 3.8) is 0 Å². The molecule has 266 valence electrons. The summed E-state index contributed by atoms with van der Waals surface area (Å²) in [6, 6.07) is 7.13. The molecule has 0 radical (unpaired) electrons. The Morgan fingerprint density at radius 1 is 1.15 bits per heavy atom. The molecule has 2 heterocycles. The van der Waals surface area contributed by atoms with E-state index in [4.69, 9.17) is 14.2 Å². The van der Waals surface area contributed by atoms with E-state index in [9.17, 15) is 24.6 Å². The Morgan fingerprint density at radius 3 is 2.58 bits per heavy atom. The number of hydrogen-bond donors (Lipinski definition) is 2. The van der Waals surface area contributed by atoms with Crippen LogP contribution in [0.15, 0.2) is 49.6 Å². The highest BCUT2D eigenvalue weighted by Crippen LogP contribution is 2.63. The molecule has 1 saturated carbocycles. The zero-order valence-electron chi connectivity index (χ0n) is 28.9. The lowest BCUT2D eigenvalue weighted by Crippen LogP contribution is -2.75. The van der Waals surface area contributed by atoms with Crippen LogP contribution in [0.5, 0.6) is 5.75 Å². The molecule has 1 unspecified atom stereocenters. The Labute approximate surface area is 286 Å². The molecule has 3 aliphatic rings. The maximum Gasteiger partial charge on any atom is 0.308 e. The SMILES string of the molecule is C=CCCCC(=O)N1CC[C@@H]2[C@H]3C[C@](CO)(CCC(O)CC=C)[C@H]1[C@@]2(CC(=O)OCC)N(CCCCOCc1ccc(OC)cc1)C3=O. The number of hydrogen-bond acceptors (Lipinski definition) is 8. The van der Waals surface area contributed by atoms with Crippen molar-refractivity contribution >= 4 is 17.8 Å². The predicted molar refractivity (Wildman–Crippen MR) is 183 cm³/mol. The molecule has 2 saturated heterocycles. The van der Waals surface area contributed by atoms with Crippen molar-refractivity contribution in [1.29, 1.82) is 0 Å². The van der Waals surface area contributed by atoms with Crippen molar-refractivity contribution < 1.29 is 38.8 Å². The van der Waals surface area contributed by atoms with Gasteiger partial charge in [-0.05, 0) is 88.3 Å². The normalized spacial score (nSPS) is 26.7. The van der Waals surface area contributed by atoms with Crippen LogP contribution in [-0.2, 0) is 30.5 Å². The zero-order valence-corrected chi connectivity index (χ0v) is 28.9. The van der Waals surface area contributed by atoms with Crippen molar-refractivity contribution in [2.24, 2.45) is 17.3 Å². The third kappa shape index (κ3) is 7.98. The van der Waals surface area contributed by atoms with Gasteiger partial charge in [-0.15, -0.1) is 13.2 Å². The molecule has 48 heavy (non-hydrogen) atoms. The minimum Gasteiger partial charge on any atom is -0.497 e. The second kappa shape index (κ2) is 17.4. The van der Waals surface area contributed by atoms with Crippen molar-refractivity contribution in [3.05, 3.63) is 55.1 Å². The molecule has 0 aromatic heterocycles. The number of likely N-dealkylation sites (tertiary alicyclic amines) is 2. The minimum atomic E-state index is -1.02. The van der Waals surface area contributed by atoms with Gasteiger partial charge in [-0.1, -0.05) is 24.3 Å². The number of unbranched alkanes of at least 4 members (excludes halogenated alkanes) is 2. The quantitative estimate of drug-likeness (QED) is 0.109. The second-order valence-corrected chi connectivity index (χ2v) is 13.7. The highest BCUT2D eigenvalue weighted by atomic mass is 16.5. The summed E-state index contributed by atoms with van der Waals surface area (Å²) < 4.78 is 16.7. The van der Waals surface area contributed by atoms with E-state index in [2.05, 4.69) is 13.2 Å². The highest BCUT2D eigenvalue weighted by Gasteiger charge is 2.73. The molecular formula is C38H56N2O8. The first-order valence-corrected chi connectivity index (χ1v) is 17.7. The third-order valence-electron chi connectivity index (χ3n) is 10.8. The van der Waals surface area contributed by atoms with E-state index in [0.29, 0.717) is 90.5 Å². The number of rotatable bonds is 21. The van der Waals surface area contributed by atoms with Gasteiger partial charge in [-0.3, -0.25) is 14.4 Å².